The largest absolute Gasteiger partial charge is 0.497 e. The van der Waals surface area contributed by atoms with E-state index < -0.39 is 0 Å². The number of hydrogen-bond acceptors (Lipinski definition) is 5. The summed E-state index contributed by atoms with van der Waals surface area (Å²) in [6.45, 7) is 0. The van der Waals surface area contributed by atoms with Gasteiger partial charge in [0.15, 0.2) is 0 Å². The third-order valence-corrected chi connectivity index (χ3v) is 4.40. The molecule has 1 N–H and O–H groups in total. The molecule has 2 aromatic rings. The zero-order valence-electron chi connectivity index (χ0n) is 14.7. The highest BCUT2D eigenvalue weighted by Gasteiger charge is 2.32. The molecule has 1 atom stereocenters. The van der Waals surface area contributed by atoms with Crippen molar-refractivity contribution >= 4 is 11.6 Å². The third kappa shape index (κ3) is 3.07. The minimum Gasteiger partial charge on any atom is -0.497 e. The Kier molecular flexibility index (Phi) is 4.70. The fourth-order valence-electron chi connectivity index (χ4n) is 3.22. The Morgan fingerprint density at radius 1 is 0.880 bits per heavy atom. The Labute approximate surface area is 146 Å². The zero-order chi connectivity index (χ0) is 18.0. The second-order valence-corrected chi connectivity index (χ2v) is 5.70. The van der Waals surface area contributed by atoms with Crippen LogP contribution in [0, 0.1) is 0 Å². The van der Waals surface area contributed by atoms with Crippen molar-refractivity contribution < 1.29 is 23.7 Å². The number of carbonyl (C=O) groups excluding carboxylic acids is 1. The molecule has 6 nitrogen and oxygen atoms in total. The Morgan fingerprint density at radius 2 is 1.60 bits per heavy atom. The van der Waals surface area contributed by atoms with E-state index >= 15 is 0 Å². The van der Waals surface area contributed by atoms with Gasteiger partial charge in [-0.2, -0.15) is 0 Å². The quantitative estimate of drug-likeness (QED) is 0.903. The molecule has 0 aromatic heterocycles. The van der Waals surface area contributed by atoms with Gasteiger partial charge >= 0.3 is 0 Å². The lowest BCUT2D eigenvalue weighted by Gasteiger charge is -2.29. The minimum absolute atomic E-state index is 0.0716. The van der Waals surface area contributed by atoms with E-state index in [-0.39, 0.29) is 11.8 Å². The summed E-state index contributed by atoms with van der Waals surface area (Å²) >= 11 is 0. The maximum Gasteiger partial charge on any atom is 0.225 e. The summed E-state index contributed by atoms with van der Waals surface area (Å²) in [5.41, 5.74) is 2.46. The molecule has 25 heavy (non-hydrogen) atoms. The van der Waals surface area contributed by atoms with Crippen LogP contribution in [-0.2, 0) is 4.79 Å². The topological polar surface area (TPSA) is 66.0 Å². The number of amides is 1. The average Bonchev–Trinajstić information content (AvgIpc) is 2.65. The summed E-state index contributed by atoms with van der Waals surface area (Å²) in [6.07, 6.45) is 0.291. The van der Waals surface area contributed by atoms with Crippen LogP contribution in [0.3, 0.4) is 0 Å². The highest BCUT2D eigenvalue weighted by Crippen LogP contribution is 2.47. The number of rotatable bonds is 5. The lowest BCUT2D eigenvalue weighted by molar-refractivity contribution is -0.116. The number of methoxy groups -OCH3 is 4. The van der Waals surface area contributed by atoms with E-state index in [1.54, 1.807) is 34.5 Å². The number of benzene rings is 2. The molecule has 0 saturated carbocycles. The molecule has 0 aliphatic carbocycles. The molecule has 0 fully saturated rings. The fraction of sp³-hybridized carbons (Fsp3) is 0.316. The fourth-order valence-corrected chi connectivity index (χ4v) is 3.22. The average molecular weight is 343 g/mol. The van der Waals surface area contributed by atoms with Crippen molar-refractivity contribution in [1.82, 2.24) is 0 Å². The maximum atomic E-state index is 12.3. The molecule has 0 radical (unpaired) electrons. The van der Waals surface area contributed by atoms with Gasteiger partial charge in [-0.15, -0.1) is 0 Å². The van der Waals surface area contributed by atoms with E-state index in [4.69, 9.17) is 18.9 Å². The van der Waals surface area contributed by atoms with Crippen LogP contribution in [0.4, 0.5) is 5.69 Å². The lowest BCUT2D eigenvalue weighted by atomic mass is 9.83. The molecule has 1 amide bonds. The summed E-state index contributed by atoms with van der Waals surface area (Å²) in [5.74, 6) is 2.39. The Morgan fingerprint density at radius 3 is 2.24 bits per heavy atom. The number of anilines is 1. The van der Waals surface area contributed by atoms with Crippen molar-refractivity contribution in [1.29, 1.82) is 0 Å². The van der Waals surface area contributed by atoms with E-state index in [0.717, 1.165) is 11.1 Å². The molecule has 1 unspecified atom stereocenters. The minimum atomic E-state index is -0.213. The van der Waals surface area contributed by atoms with Crippen LogP contribution in [0.5, 0.6) is 23.0 Å². The first kappa shape index (κ1) is 17.0. The first-order valence-corrected chi connectivity index (χ1v) is 7.89. The monoisotopic (exact) mass is 343 g/mol. The predicted molar refractivity (Wildman–Crippen MR) is 94.2 cm³/mol. The predicted octanol–water partition coefficient (Wildman–Crippen LogP) is 3.20. The van der Waals surface area contributed by atoms with Crippen LogP contribution in [-0.4, -0.2) is 34.3 Å². The Hall–Kier alpha value is -2.89. The summed E-state index contributed by atoms with van der Waals surface area (Å²) in [7, 11) is 6.40. The van der Waals surface area contributed by atoms with Crippen molar-refractivity contribution in [2.75, 3.05) is 33.8 Å². The van der Waals surface area contributed by atoms with Crippen LogP contribution in [0.2, 0.25) is 0 Å². The molecule has 132 valence electrons. The highest BCUT2D eigenvalue weighted by molar-refractivity contribution is 5.96. The van der Waals surface area contributed by atoms with Gasteiger partial charge in [0.05, 0.1) is 34.1 Å². The van der Waals surface area contributed by atoms with Gasteiger partial charge in [0.25, 0.3) is 0 Å². The van der Waals surface area contributed by atoms with Crippen LogP contribution < -0.4 is 24.3 Å². The molecular formula is C19H21NO5. The van der Waals surface area contributed by atoms with Gasteiger partial charge in [-0.3, -0.25) is 4.79 Å². The van der Waals surface area contributed by atoms with Crippen molar-refractivity contribution in [3.8, 4) is 23.0 Å². The van der Waals surface area contributed by atoms with E-state index in [9.17, 15) is 4.79 Å². The summed E-state index contributed by atoms with van der Waals surface area (Å²) in [6, 6.07) is 9.19. The van der Waals surface area contributed by atoms with Gasteiger partial charge in [0.1, 0.15) is 23.0 Å². The molecule has 1 aliphatic rings. The lowest BCUT2D eigenvalue weighted by Crippen LogP contribution is -2.24. The van der Waals surface area contributed by atoms with E-state index in [1.807, 2.05) is 24.3 Å². The second kappa shape index (κ2) is 6.93. The maximum absolute atomic E-state index is 12.3. The first-order chi connectivity index (χ1) is 12.1. The first-order valence-electron chi connectivity index (χ1n) is 7.89. The molecule has 6 heteroatoms. The smallest absolute Gasteiger partial charge is 0.225 e. The Balaban J connectivity index is 2.21. The second-order valence-electron chi connectivity index (χ2n) is 5.70. The molecule has 2 aromatic carbocycles. The van der Waals surface area contributed by atoms with Crippen molar-refractivity contribution in [2.24, 2.45) is 0 Å². The van der Waals surface area contributed by atoms with Crippen LogP contribution in [0.1, 0.15) is 23.5 Å². The number of hydrogen-bond donors (Lipinski definition) is 1. The molecule has 0 spiro atoms. The normalized spacial score (nSPS) is 15.8. The number of carbonyl (C=O) groups is 1. The summed E-state index contributed by atoms with van der Waals surface area (Å²) in [4.78, 5) is 12.3. The van der Waals surface area contributed by atoms with E-state index in [2.05, 4.69) is 5.32 Å². The zero-order valence-corrected chi connectivity index (χ0v) is 14.7. The van der Waals surface area contributed by atoms with Gasteiger partial charge < -0.3 is 24.3 Å². The highest BCUT2D eigenvalue weighted by atomic mass is 16.5. The number of ether oxygens (including phenoxy) is 4. The SMILES string of the molecule is COc1cc2c(c(OC)c1)C(c1cc(OC)ccc1OC)CC(=O)N2. The van der Waals surface area contributed by atoms with Crippen molar-refractivity contribution in [3.63, 3.8) is 0 Å². The summed E-state index contributed by atoms with van der Waals surface area (Å²) in [5, 5.41) is 2.90. The molecule has 0 saturated heterocycles. The van der Waals surface area contributed by atoms with E-state index in [0.29, 0.717) is 35.1 Å². The van der Waals surface area contributed by atoms with Crippen LogP contribution >= 0.6 is 0 Å². The van der Waals surface area contributed by atoms with Crippen molar-refractivity contribution in [2.45, 2.75) is 12.3 Å². The number of nitrogens with one attached hydrogen (secondary N) is 1. The van der Waals surface area contributed by atoms with E-state index in [1.165, 1.54) is 0 Å². The molecular weight excluding hydrogens is 322 g/mol. The van der Waals surface area contributed by atoms with Crippen molar-refractivity contribution in [3.05, 3.63) is 41.5 Å². The summed E-state index contributed by atoms with van der Waals surface area (Å²) < 4.78 is 21.7. The van der Waals surface area contributed by atoms with Gasteiger partial charge in [-0.25, -0.2) is 0 Å². The van der Waals surface area contributed by atoms with Gasteiger partial charge in [0.2, 0.25) is 5.91 Å². The van der Waals surface area contributed by atoms with Crippen LogP contribution in [0.15, 0.2) is 30.3 Å². The van der Waals surface area contributed by atoms with Gasteiger partial charge in [-0.1, -0.05) is 0 Å². The van der Waals surface area contributed by atoms with Gasteiger partial charge in [-0.05, 0) is 18.2 Å². The molecule has 0 bridgehead atoms. The molecule has 1 heterocycles. The Bertz CT molecular complexity index is 803. The standard InChI is InChI=1S/C19H21NO5/c1-22-11-5-6-16(24-3)13(7-11)14-10-18(21)20-15-8-12(23-2)9-17(25-4)19(14)15/h5-9,14H,10H2,1-4H3,(H,20,21). The van der Waals surface area contributed by atoms with Crippen LogP contribution in [0.25, 0.3) is 0 Å². The van der Waals surface area contributed by atoms with Gasteiger partial charge in [0, 0.05) is 35.6 Å². The third-order valence-electron chi connectivity index (χ3n) is 4.40. The molecule has 3 rings (SSSR count). The number of fused-ring (bicyclic) bond motifs is 1. The molecule has 1 aliphatic heterocycles.